The molecule has 0 radical (unpaired) electrons. The Bertz CT molecular complexity index is 1560. The Labute approximate surface area is 230 Å². The molecule has 7 nitrogen and oxygen atoms in total. The van der Waals surface area contributed by atoms with Crippen LogP contribution in [0.25, 0.3) is 0 Å². The number of rotatable bonds is 10. The number of halogens is 2. The van der Waals surface area contributed by atoms with Gasteiger partial charge in [0, 0.05) is 16.7 Å². The maximum absolute atomic E-state index is 13.6. The number of hydrogen-bond donors (Lipinski definition) is 2. The zero-order chi connectivity index (χ0) is 27.3. The fourth-order valence-corrected chi connectivity index (χ4v) is 5.37. The fraction of sp³-hybridized carbons (Fsp3) is 0.0714. The predicted octanol–water partition coefficient (Wildman–Crippen LogP) is 5.74. The second-order valence-corrected chi connectivity index (χ2v) is 11.9. The van der Waals surface area contributed by atoms with Crippen molar-refractivity contribution in [2.24, 2.45) is 5.14 Å². The number of carboxylic acid groups (broad SMARTS) is 1. The summed E-state index contributed by atoms with van der Waals surface area (Å²) in [6.07, 6.45) is 0. The molecule has 0 unspecified atom stereocenters. The Hall–Kier alpha value is -3.61. The van der Waals surface area contributed by atoms with Crippen LogP contribution in [0.5, 0.6) is 11.5 Å². The molecule has 10 heteroatoms. The van der Waals surface area contributed by atoms with E-state index in [0.29, 0.717) is 5.75 Å². The van der Waals surface area contributed by atoms with E-state index in [0.717, 1.165) is 20.8 Å². The van der Waals surface area contributed by atoms with Crippen LogP contribution >= 0.6 is 20.7 Å². The molecule has 0 bridgehead atoms. The van der Waals surface area contributed by atoms with Gasteiger partial charge >= 0.3 is 5.97 Å². The van der Waals surface area contributed by atoms with Crippen molar-refractivity contribution in [3.8, 4) is 11.5 Å². The molecule has 0 aromatic heterocycles. The molecule has 4 rings (SSSR count). The fourth-order valence-electron chi connectivity index (χ4n) is 3.80. The minimum Gasteiger partial charge on any atom is -0.478 e. The summed E-state index contributed by atoms with van der Waals surface area (Å²) in [5, 5.41) is 15.3. The second-order valence-electron chi connectivity index (χ2n) is 8.33. The van der Waals surface area contributed by atoms with Crippen LogP contribution < -0.4 is 14.8 Å². The Balaban J connectivity index is 1.93. The summed E-state index contributed by atoms with van der Waals surface area (Å²) < 4.78 is 50.1. The van der Waals surface area contributed by atoms with Crippen molar-refractivity contribution in [2.75, 3.05) is 4.90 Å². The van der Waals surface area contributed by atoms with Crippen molar-refractivity contribution in [2.45, 2.75) is 18.0 Å². The normalized spacial score (nSPS) is 11.2. The highest BCUT2D eigenvalue weighted by atomic mass is 127. The molecule has 0 fully saturated rings. The lowest BCUT2D eigenvalue weighted by molar-refractivity contribution is 0.0696. The van der Waals surface area contributed by atoms with E-state index < -0.39 is 26.7 Å². The smallest absolute Gasteiger partial charge is 0.335 e. The van der Waals surface area contributed by atoms with E-state index in [2.05, 4.69) is 4.51 Å². The summed E-state index contributed by atoms with van der Waals surface area (Å²) in [5.41, 5.74) is 1.54. The summed E-state index contributed by atoms with van der Waals surface area (Å²) in [7, 11) is -4.39. The molecule has 38 heavy (non-hydrogen) atoms. The zero-order valence-electron chi connectivity index (χ0n) is 20.1. The highest BCUT2D eigenvalue weighted by Gasteiger charge is 2.26. The van der Waals surface area contributed by atoms with Gasteiger partial charge in [-0.1, -0.05) is 67.7 Å². The van der Waals surface area contributed by atoms with Crippen LogP contribution in [0.4, 0.5) is 10.1 Å². The number of aromatic carboxylic acids is 1. The molecule has 4 aromatic carbocycles. The van der Waals surface area contributed by atoms with Crippen molar-refractivity contribution < 1.29 is 27.4 Å². The molecule has 0 aliphatic heterocycles. The van der Waals surface area contributed by atoms with Gasteiger partial charge in [0.25, 0.3) is 0 Å². The number of sulfonamides is 1. The number of para-hydroxylation sites is 1. The van der Waals surface area contributed by atoms with Crippen LogP contribution in [0.3, 0.4) is 0 Å². The highest BCUT2D eigenvalue weighted by molar-refractivity contribution is 14.2. The van der Waals surface area contributed by atoms with Gasteiger partial charge in [-0.2, -0.15) is 0 Å². The number of ether oxygens (including phenoxy) is 1. The minimum absolute atomic E-state index is 0.106. The standard InChI is InChI=1S/C28H24FIN2O5S/c1-30-23-13-9-20(10-14-23)18-32(17-19-7-11-22(29)12-8-19)25-15-21(28(33)34)16-26(38(31,35)36)27(25)37-24-5-3-2-4-6-24/h2-16H,1,17-18H2,(H,33,34)(H2,31,35,36). The Morgan fingerprint density at radius 1 is 0.947 bits per heavy atom. The summed E-state index contributed by atoms with van der Waals surface area (Å²) in [4.78, 5) is 13.3. The quantitative estimate of drug-likeness (QED) is 0.213. The van der Waals surface area contributed by atoms with Gasteiger partial charge in [0.1, 0.15) is 16.5 Å². The molecule has 4 aromatic rings. The van der Waals surface area contributed by atoms with Gasteiger partial charge in [-0.05, 0) is 59.7 Å². The van der Waals surface area contributed by atoms with Gasteiger partial charge in [-0.3, -0.25) is 0 Å². The molecule has 0 amide bonds. The third-order valence-corrected chi connectivity index (χ3v) is 8.14. The third-order valence-electron chi connectivity index (χ3n) is 5.62. The van der Waals surface area contributed by atoms with Crippen LogP contribution in [0.1, 0.15) is 21.5 Å². The predicted molar refractivity (Wildman–Crippen MR) is 154 cm³/mol. The lowest BCUT2D eigenvalue weighted by atomic mass is 10.1. The van der Waals surface area contributed by atoms with Crippen molar-refractivity contribution in [1.82, 2.24) is 0 Å². The molecule has 0 aliphatic carbocycles. The van der Waals surface area contributed by atoms with E-state index in [4.69, 9.17) is 9.88 Å². The van der Waals surface area contributed by atoms with Crippen molar-refractivity contribution in [3.05, 3.63) is 117 Å². The average Bonchev–Trinajstić information content (AvgIpc) is 2.90. The van der Waals surface area contributed by atoms with Crippen LogP contribution in [0.2, 0.25) is 0 Å². The number of carboxylic acids is 1. The maximum atomic E-state index is 13.6. The van der Waals surface area contributed by atoms with E-state index in [1.807, 2.05) is 24.3 Å². The molecular weight excluding hydrogens is 622 g/mol. The van der Waals surface area contributed by atoms with E-state index in [1.54, 1.807) is 47.4 Å². The van der Waals surface area contributed by atoms with Crippen LogP contribution in [-0.2, 0) is 23.1 Å². The number of nitrogens with two attached hydrogens (primary N) is 1. The molecular formula is C28H24FIN2O5S. The number of anilines is 1. The molecule has 3 N–H and O–H groups in total. The lowest BCUT2D eigenvalue weighted by Crippen LogP contribution is -2.24. The second kappa shape index (κ2) is 11.8. The molecule has 0 aliphatic rings. The first-order valence-corrected chi connectivity index (χ1v) is 15.4. The van der Waals surface area contributed by atoms with Gasteiger partial charge < -0.3 is 14.7 Å². The first-order valence-electron chi connectivity index (χ1n) is 11.3. The van der Waals surface area contributed by atoms with Gasteiger partial charge in [-0.25, -0.2) is 22.7 Å². The van der Waals surface area contributed by atoms with Crippen molar-refractivity contribution in [1.29, 1.82) is 0 Å². The zero-order valence-corrected chi connectivity index (χ0v) is 23.0. The minimum atomic E-state index is -4.39. The van der Waals surface area contributed by atoms with E-state index >= 15 is 0 Å². The van der Waals surface area contributed by atoms with Crippen molar-refractivity contribution >= 4 is 46.9 Å². The maximum Gasteiger partial charge on any atom is 0.335 e. The van der Waals surface area contributed by atoms with E-state index in [-0.39, 0.29) is 50.8 Å². The monoisotopic (exact) mass is 646 g/mol. The summed E-state index contributed by atoms with van der Waals surface area (Å²) >= 11 is -0.342. The SMILES string of the molecule is C=Ic1ccc(CN(Cc2ccc(F)cc2)c2cc(C(=O)O)cc(S(N)(=O)=O)c2Oc2ccccc2)cc1. The molecule has 0 spiro atoms. The number of benzene rings is 4. The summed E-state index contributed by atoms with van der Waals surface area (Å²) in [5.74, 6) is -1.49. The Morgan fingerprint density at radius 3 is 2.05 bits per heavy atom. The number of nitrogens with zero attached hydrogens (tertiary/aromatic N) is 1. The lowest BCUT2D eigenvalue weighted by Gasteiger charge is -2.28. The van der Waals surface area contributed by atoms with E-state index in [9.17, 15) is 22.7 Å². The molecule has 0 saturated carbocycles. The van der Waals surface area contributed by atoms with Gasteiger partial charge in [0.05, 0.1) is 11.3 Å². The van der Waals surface area contributed by atoms with Crippen LogP contribution in [0, 0.1) is 9.39 Å². The van der Waals surface area contributed by atoms with Gasteiger partial charge in [-0.15, -0.1) is 0 Å². The van der Waals surface area contributed by atoms with Crippen LogP contribution in [-0.4, -0.2) is 24.0 Å². The summed E-state index contributed by atoms with van der Waals surface area (Å²) in [6.45, 7) is 0.466. The summed E-state index contributed by atoms with van der Waals surface area (Å²) in [6, 6.07) is 24.6. The van der Waals surface area contributed by atoms with Gasteiger partial charge in [0.2, 0.25) is 10.0 Å². The third kappa shape index (κ3) is 6.82. The highest BCUT2D eigenvalue weighted by Crippen LogP contribution is 2.40. The number of hydrogen-bond acceptors (Lipinski definition) is 5. The Morgan fingerprint density at radius 2 is 1.53 bits per heavy atom. The first-order chi connectivity index (χ1) is 18.1. The van der Waals surface area contributed by atoms with Crippen LogP contribution in [0.15, 0.2) is 95.9 Å². The number of primary sulfonamides is 1. The van der Waals surface area contributed by atoms with E-state index in [1.165, 1.54) is 18.2 Å². The molecule has 0 heterocycles. The average molecular weight is 646 g/mol. The topological polar surface area (TPSA) is 110 Å². The first kappa shape index (κ1) is 27.4. The Kier molecular flexibility index (Phi) is 8.55. The largest absolute Gasteiger partial charge is 0.478 e. The molecule has 0 atom stereocenters. The number of carbonyl (C=O) groups is 1. The van der Waals surface area contributed by atoms with Crippen molar-refractivity contribution in [3.63, 3.8) is 0 Å². The molecule has 196 valence electrons. The molecule has 0 saturated heterocycles. The van der Waals surface area contributed by atoms with Gasteiger partial charge in [0.15, 0.2) is 5.75 Å².